The van der Waals surface area contributed by atoms with Gasteiger partial charge in [0.05, 0.1) is 11.5 Å². The molecule has 0 aromatic rings. The van der Waals surface area contributed by atoms with Crippen molar-refractivity contribution in [2.45, 2.75) is 19.8 Å². The van der Waals surface area contributed by atoms with Crippen LogP contribution in [-0.2, 0) is 14.7 Å². The molecule has 0 atom stereocenters. The van der Waals surface area contributed by atoms with Crippen molar-refractivity contribution in [3.05, 3.63) is 0 Å². The average Bonchev–Trinajstić information content (AvgIpc) is 2.08. The van der Waals surface area contributed by atoms with Crippen molar-refractivity contribution in [3.63, 3.8) is 0 Å². The second-order valence-electron chi connectivity index (χ2n) is 3.25. The summed E-state index contributed by atoms with van der Waals surface area (Å²) in [6, 6.07) is 0. The minimum absolute atomic E-state index is 0.302. The van der Waals surface area contributed by atoms with E-state index in [-0.39, 0.29) is 0 Å². The van der Waals surface area contributed by atoms with Crippen LogP contribution < -0.4 is 0 Å². The van der Waals surface area contributed by atoms with Crippen LogP contribution in [-0.4, -0.2) is 32.7 Å². The normalized spacial score (nSPS) is 23.5. The molecule has 1 saturated heterocycles. The molecule has 0 N–H and O–H groups in total. The van der Waals surface area contributed by atoms with Crippen LogP contribution in [0.25, 0.3) is 0 Å². The third kappa shape index (κ3) is 3.76. The highest BCUT2D eigenvalue weighted by molar-refractivity contribution is 7.91. The Morgan fingerprint density at radius 1 is 1.46 bits per heavy atom. The third-order valence-corrected chi connectivity index (χ3v) is 3.88. The lowest BCUT2D eigenvalue weighted by molar-refractivity contribution is 0.104. The summed E-state index contributed by atoms with van der Waals surface area (Å²) in [6.45, 7) is 2.32. The molecular formula is C8H15NO3S. The van der Waals surface area contributed by atoms with Crippen molar-refractivity contribution >= 4 is 16.1 Å². The number of sulfone groups is 1. The minimum Gasteiger partial charge on any atom is -0.396 e. The molecule has 0 spiro atoms. The predicted molar refractivity (Wildman–Crippen MR) is 51.5 cm³/mol. The third-order valence-electron chi connectivity index (χ3n) is 2.16. The number of hydrogen-bond acceptors (Lipinski definition) is 4. The summed E-state index contributed by atoms with van der Waals surface area (Å²) in [5, 5.41) is 3.63. The highest BCUT2D eigenvalue weighted by atomic mass is 32.2. The van der Waals surface area contributed by atoms with Crippen LogP contribution >= 0.6 is 0 Å². The number of hydrogen-bond donors (Lipinski definition) is 0. The maximum Gasteiger partial charge on any atom is 0.150 e. The van der Waals surface area contributed by atoms with Gasteiger partial charge < -0.3 is 4.84 Å². The largest absolute Gasteiger partial charge is 0.396 e. The fourth-order valence-electron chi connectivity index (χ4n) is 1.33. The Morgan fingerprint density at radius 3 is 2.62 bits per heavy atom. The molecule has 1 aliphatic heterocycles. The second-order valence-corrected chi connectivity index (χ2v) is 5.56. The smallest absolute Gasteiger partial charge is 0.150 e. The Bertz CT molecular complexity index is 257. The quantitative estimate of drug-likeness (QED) is 0.506. The maximum absolute atomic E-state index is 11.1. The van der Waals surface area contributed by atoms with Gasteiger partial charge in [-0.05, 0) is 25.7 Å². The monoisotopic (exact) mass is 205 g/mol. The van der Waals surface area contributed by atoms with Crippen molar-refractivity contribution in [2.24, 2.45) is 11.1 Å². The van der Waals surface area contributed by atoms with Gasteiger partial charge in [-0.3, -0.25) is 0 Å². The Morgan fingerprint density at radius 2 is 2.08 bits per heavy atom. The lowest BCUT2D eigenvalue weighted by atomic mass is 10.1. The van der Waals surface area contributed by atoms with Crippen molar-refractivity contribution in [3.8, 4) is 0 Å². The Balaban J connectivity index is 2.25. The summed E-state index contributed by atoms with van der Waals surface area (Å²) in [7, 11) is -2.74. The van der Waals surface area contributed by atoms with Gasteiger partial charge in [0.15, 0.2) is 0 Å². The summed E-state index contributed by atoms with van der Waals surface area (Å²) in [5.74, 6) is 0.959. The van der Waals surface area contributed by atoms with Crippen LogP contribution in [0.1, 0.15) is 19.8 Å². The van der Waals surface area contributed by atoms with Crippen molar-refractivity contribution in [1.82, 2.24) is 0 Å². The zero-order valence-electron chi connectivity index (χ0n) is 7.77. The van der Waals surface area contributed by atoms with Gasteiger partial charge in [0, 0.05) is 6.21 Å². The Hall–Kier alpha value is -0.580. The maximum atomic E-state index is 11.1. The molecule has 5 heteroatoms. The molecule has 0 radical (unpaired) electrons. The van der Waals surface area contributed by atoms with Gasteiger partial charge in [-0.1, -0.05) is 5.16 Å². The van der Waals surface area contributed by atoms with Crippen LogP contribution in [0.2, 0.25) is 0 Å². The first kappa shape index (κ1) is 10.5. The summed E-state index contributed by atoms with van der Waals surface area (Å²) >= 11 is 0. The van der Waals surface area contributed by atoms with Crippen LogP contribution in [0.3, 0.4) is 0 Å². The minimum atomic E-state index is -2.74. The van der Waals surface area contributed by atoms with Gasteiger partial charge in [-0.25, -0.2) is 8.42 Å². The molecule has 0 aliphatic carbocycles. The van der Waals surface area contributed by atoms with E-state index in [9.17, 15) is 8.42 Å². The molecule has 0 bridgehead atoms. The molecule has 0 unspecified atom stereocenters. The van der Waals surface area contributed by atoms with Gasteiger partial charge in [-0.2, -0.15) is 0 Å². The first-order valence-electron chi connectivity index (χ1n) is 4.44. The lowest BCUT2D eigenvalue weighted by Gasteiger charge is -2.20. The fraction of sp³-hybridized carbons (Fsp3) is 0.875. The Labute approximate surface area is 78.9 Å². The molecule has 1 rings (SSSR count). The zero-order valence-corrected chi connectivity index (χ0v) is 8.59. The van der Waals surface area contributed by atoms with E-state index in [1.54, 1.807) is 13.1 Å². The van der Waals surface area contributed by atoms with Gasteiger partial charge in [0.2, 0.25) is 0 Å². The van der Waals surface area contributed by atoms with Crippen LogP contribution in [0, 0.1) is 5.92 Å². The van der Waals surface area contributed by atoms with Crippen molar-refractivity contribution in [1.29, 1.82) is 0 Å². The summed E-state index contributed by atoms with van der Waals surface area (Å²) in [5.41, 5.74) is 0. The Kier molecular flexibility index (Phi) is 3.71. The summed E-state index contributed by atoms with van der Waals surface area (Å²) in [4.78, 5) is 4.97. The zero-order chi connectivity index (χ0) is 9.73. The number of rotatable bonds is 3. The van der Waals surface area contributed by atoms with E-state index in [4.69, 9.17) is 4.84 Å². The molecule has 13 heavy (non-hydrogen) atoms. The molecule has 0 amide bonds. The van der Waals surface area contributed by atoms with E-state index in [0.29, 0.717) is 36.9 Å². The van der Waals surface area contributed by atoms with Crippen molar-refractivity contribution in [2.75, 3.05) is 18.1 Å². The number of nitrogens with zero attached hydrogens (tertiary/aromatic N) is 1. The van der Waals surface area contributed by atoms with E-state index < -0.39 is 9.84 Å². The molecule has 4 nitrogen and oxygen atoms in total. The van der Waals surface area contributed by atoms with E-state index in [0.717, 1.165) is 0 Å². The molecule has 0 aromatic carbocycles. The average molecular weight is 205 g/mol. The van der Waals surface area contributed by atoms with E-state index in [1.807, 2.05) is 0 Å². The standard InChI is InChI=1S/C8H15NO3S/c1-2-9-12-7-8-3-5-13(10,11)6-4-8/h2,8H,3-7H2,1H3/b9-2+. The number of oxime groups is 1. The fourth-order valence-corrected chi connectivity index (χ4v) is 2.92. The highest BCUT2D eigenvalue weighted by Gasteiger charge is 2.23. The highest BCUT2D eigenvalue weighted by Crippen LogP contribution is 2.18. The molecule has 0 saturated carbocycles. The predicted octanol–water partition coefficient (Wildman–Crippen LogP) is 0.834. The molecule has 1 fully saturated rings. The first-order chi connectivity index (χ1) is 6.14. The lowest BCUT2D eigenvalue weighted by Crippen LogP contribution is -2.25. The topological polar surface area (TPSA) is 55.7 Å². The first-order valence-corrected chi connectivity index (χ1v) is 6.26. The molecule has 76 valence electrons. The molecule has 0 aromatic heterocycles. The van der Waals surface area contributed by atoms with Gasteiger partial charge in [-0.15, -0.1) is 0 Å². The van der Waals surface area contributed by atoms with E-state index in [2.05, 4.69) is 5.16 Å². The van der Waals surface area contributed by atoms with E-state index >= 15 is 0 Å². The van der Waals surface area contributed by atoms with Crippen molar-refractivity contribution < 1.29 is 13.3 Å². The summed E-state index contributed by atoms with van der Waals surface area (Å²) < 4.78 is 22.1. The van der Waals surface area contributed by atoms with Gasteiger partial charge >= 0.3 is 0 Å². The van der Waals surface area contributed by atoms with Gasteiger partial charge in [0.25, 0.3) is 0 Å². The molecule has 1 aliphatic rings. The summed E-state index contributed by atoms with van der Waals surface area (Å²) in [6.07, 6.45) is 3.00. The molecular weight excluding hydrogens is 190 g/mol. The SMILES string of the molecule is C/C=N/OCC1CCS(=O)(=O)CC1. The second kappa shape index (κ2) is 4.60. The molecule has 1 heterocycles. The van der Waals surface area contributed by atoms with Crippen LogP contribution in [0.5, 0.6) is 0 Å². The van der Waals surface area contributed by atoms with E-state index in [1.165, 1.54) is 0 Å². The van der Waals surface area contributed by atoms with Gasteiger partial charge in [0.1, 0.15) is 16.4 Å². The van der Waals surface area contributed by atoms with Crippen LogP contribution in [0.4, 0.5) is 0 Å². The van der Waals surface area contributed by atoms with Crippen LogP contribution in [0.15, 0.2) is 5.16 Å².